The Hall–Kier alpha value is -0.700. The second-order valence-corrected chi connectivity index (χ2v) is 2.48. The van der Waals surface area contributed by atoms with E-state index in [2.05, 4.69) is 12.0 Å². The fourth-order valence-corrected chi connectivity index (χ4v) is 0.855. The summed E-state index contributed by atoms with van der Waals surface area (Å²) in [5.74, 6) is 2.64. The van der Waals surface area contributed by atoms with Crippen LogP contribution in [0.1, 0.15) is 32.1 Å². The fraction of sp³-hybridized carbons (Fsp3) is 0.556. The van der Waals surface area contributed by atoms with Gasteiger partial charge in [0, 0.05) is 6.42 Å². The minimum Gasteiger partial charge on any atom is -0.120 e. The maximum Gasteiger partial charge on any atom is 0.00861 e. The summed E-state index contributed by atoms with van der Waals surface area (Å²) in [6.07, 6.45) is 13.4. The monoisotopic (exact) mass is 120 g/mol. The van der Waals surface area contributed by atoms with E-state index in [1.807, 2.05) is 0 Å². The zero-order chi connectivity index (χ0) is 6.53. The summed E-state index contributed by atoms with van der Waals surface area (Å²) in [5.41, 5.74) is 1.63. The topological polar surface area (TPSA) is 0 Å². The van der Waals surface area contributed by atoms with E-state index in [4.69, 9.17) is 6.42 Å². The van der Waals surface area contributed by atoms with E-state index in [1.165, 1.54) is 25.7 Å². The summed E-state index contributed by atoms with van der Waals surface area (Å²) in [5, 5.41) is 0. The van der Waals surface area contributed by atoms with Crippen LogP contribution in [0.5, 0.6) is 0 Å². The van der Waals surface area contributed by atoms with Crippen LogP contribution >= 0.6 is 0 Å². The van der Waals surface area contributed by atoms with E-state index in [0.29, 0.717) is 0 Å². The fourth-order valence-electron chi connectivity index (χ4n) is 0.855. The highest BCUT2D eigenvalue weighted by Crippen LogP contribution is 2.24. The first-order chi connectivity index (χ1) is 4.43. The van der Waals surface area contributed by atoms with Gasteiger partial charge in [0.15, 0.2) is 0 Å². The van der Waals surface area contributed by atoms with Crippen LogP contribution in [0, 0.1) is 12.3 Å². The summed E-state index contributed by atoms with van der Waals surface area (Å²) >= 11 is 0. The molecule has 0 nitrogen and oxygen atoms in total. The van der Waals surface area contributed by atoms with Gasteiger partial charge < -0.3 is 0 Å². The van der Waals surface area contributed by atoms with Gasteiger partial charge in [0.05, 0.1) is 0 Å². The van der Waals surface area contributed by atoms with Crippen LogP contribution < -0.4 is 0 Å². The first-order valence-corrected chi connectivity index (χ1v) is 3.55. The second kappa shape index (κ2) is 3.35. The van der Waals surface area contributed by atoms with Gasteiger partial charge in [-0.3, -0.25) is 0 Å². The Bertz CT molecular complexity index is 146. The molecule has 0 saturated heterocycles. The molecule has 0 aliphatic heterocycles. The molecule has 0 spiro atoms. The van der Waals surface area contributed by atoms with Crippen LogP contribution in [-0.4, -0.2) is 0 Å². The molecule has 0 bridgehead atoms. The van der Waals surface area contributed by atoms with Crippen molar-refractivity contribution in [2.45, 2.75) is 32.1 Å². The van der Waals surface area contributed by atoms with Crippen LogP contribution in [0.4, 0.5) is 0 Å². The number of unbranched alkanes of at least 4 members (excludes halogenated alkanes) is 2. The minimum absolute atomic E-state index is 0.952. The first-order valence-electron chi connectivity index (χ1n) is 3.55. The first kappa shape index (κ1) is 6.42. The van der Waals surface area contributed by atoms with Gasteiger partial charge in [-0.25, -0.2) is 0 Å². The predicted molar refractivity (Wildman–Crippen MR) is 40.0 cm³/mol. The lowest BCUT2D eigenvalue weighted by Gasteiger charge is -1.90. The molecule has 0 aromatic carbocycles. The molecule has 0 atom stereocenters. The van der Waals surface area contributed by atoms with Crippen LogP contribution in [0.3, 0.4) is 0 Å². The molecule has 48 valence electrons. The molecular formula is C9H12. The van der Waals surface area contributed by atoms with Crippen LogP contribution in [0.2, 0.25) is 0 Å². The standard InChI is InChI=1S/C9H12/c1-2-3-4-5-6-9-7-8-9/h1,7H,3-6,8H2. The Kier molecular flexibility index (Phi) is 2.39. The maximum absolute atomic E-state index is 5.10. The number of hydrogen-bond donors (Lipinski definition) is 0. The van der Waals surface area contributed by atoms with Crippen molar-refractivity contribution in [3.63, 3.8) is 0 Å². The third kappa shape index (κ3) is 2.98. The largest absolute Gasteiger partial charge is 0.120 e. The van der Waals surface area contributed by atoms with E-state index >= 15 is 0 Å². The molecule has 0 heterocycles. The highest BCUT2D eigenvalue weighted by atomic mass is 14.1. The maximum atomic E-state index is 5.10. The molecule has 1 aliphatic carbocycles. The highest BCUT2D eigenvalue weighted by molar-refractivity contribution is 5.21. The Labute approximate surface area is 57.0 Å². The molecule has 0 aromatic rings. The number of rotatable bonds is 4. The molecule has 0 aromatic heterocycles. The summed E-state index contributed by atoms with van der Waals surface area (Å²) in [6.45, 7) is 0. The molecule has 1 aliphatic rings. The number of terminal acetylenes is 1. The van der Waals surface area contributed by atoms with E-state index in [-0.39, 0.29) is 0 Å². The van der Waals surface area contributed by atoms with Crippen molar-refractivity contribution >= 4 is 0 Å². The minimum atomic E-state index is 0.952. The molecule has 0 unspecified atom stereocenters. The lowest BCUT2D eigenvalue weighted by Crippen LogP contribution is -1.72. The number of allylic oxidation sites excluding steroid dienone is 2. The molecule has 0 radical (unpaired) electrons. The summed E-state index contributed by atoms with van der Waals surface area (Å²) in [6, 6.07) is 0. The molecule has 0 saturated carbocycles. The van der Waals surface area contributed by atoms with Crippen molar-refractivity contribution in [2.24, 2.45) is 0 Å². The van der Waals surface area contributed by atoms with Crippen molar-refractivity contribution in [3.8, 4) is 12.3 Å². The highest BCUT2D eigenvalue weighted by Gasteiger charge is 2.04. The smallest absolute Gasteiger partial charge is 0.00861 e. The Morgan fingerprint density at radius 2 is 2.33 bits per heavy atom. The lowest BCUT2D eigenvalue weighted by molar-refractivity contribution is 0.760. The van der Waals surface area contributed by atoms with Gasteiger partial charge in [0.25, 0.3) is 0 Å². The van der Waals surface area contributed by atoms with Gasteiger partial charge in [-0.1, -0.05) is 11.6 Å². The molecular weight excluding hydrogens is 108 g/mol. The second-order valence-electron chi connectivity index (χ2n) is 2.48. The average Bonchev–Trinajstić information content (AvgIpc) is 2.63. The SMILES string of the molecule is C#CCCCCC1=CC1. The summed E-state index contributed by atoms with van der Waals surface area (Å²) in [7, 11) is 0. The Balaban J connectivity index is 1.83. The van der Waals surface area contributed by atoms with Crippen LogP contribution in [-0.2, 0) is 0 Å². The summed E-state index contributed by atoms with van der Waals surface area (Å²) in [4.78, 5) is 0. The molecule has 0 amide bonds. The van der Waals surface area contributed by atoms with Crippen molar-refractivity contribution in [3.05, 3.63) is 11.6 Å². The number of hydrogen-bond acceptors (Lipinski definition) is 0. The zero-order valence-electron chi connectivity index (χ0n) is 5.69. The predicted octanol–water partition coefficient (Wildman–Crippen LogP) is 2.51. The van der Waals surface area contributed by atoms with Crippen molar-refractivity contribution < 1.29 is 0 Å². The third-order valence-corrected chi connectivity index (χ3v) is 1.56. The van der Waals surface area contributed by atoms with Gasteiger partial charge >= 0.3 is 0 Å². The molecule has 0 heteroatoms. The molecule has 0 fully saturated rings. The van der Waals surface area contributed by atoms with Crippen molar-refractivity contribution in [1.82, 2.24) is 0 Å². The van der Waals surface area contributed by atoms with Crippen LogP contribution in [0.25, 0.3) is 0 Å². The van der Waals surface area contributed by atoms with E-state index in [9.17, 15) is 0 Å². The average molecular weight is 120 g/mol. The van der Waals surface area contributed by atoms with Gasteiger partial charge in [0.2, 0.25) is 0 Å². The van der Waals surface area contributed by atoms with Crippen molar-refractivity contribution in [2.75, 3.05) is 0 Å². The van der Waals surface area contributed by atoms with Gasteiger partial charge in [-0.05, 0) is 25.7 Å². The van der Waals surface area contributed by atoms with E-state index in [1.54, 1.807) is 5.57 Å². The van der Waals surface area contributed by atoms with Gasteiger partial charge in [-0.2, -0.15) is 0 Å². The lowest BCUT2D eigenvalue weighted by atomic mass is 10.2. The third-order valence-electron chi connectivity index (χ3n) is 1.56. The Morgan fingerprint density at radius 3 is 2.89 bits per heavy atom. The summed E-state index contributed by atoms with van der Waals surface area (Å²) < 4.78 is 0. The van der Waals surface area contributed by atoms with Gasteiger partial charge in [-0.15, -0.1) is 12.3 Å². The molecule has 9 heavy (non-hydrogen) atoms. The van der Waals surface area contributed by atoms with E-state index < -0.39 is 0 Å². The normalized spacial score (nSPS) is 14.3. The van der Waals surface area contributed by atoms with Crippen molar-refractivity contribution in [1.29, 1.82) is 0 Å². The van der Waals surface area contributed by atoms with Crippen LogP contribution in [0.15, 0.2) is 11.6 Å². The Morgan fingerprint density at radius 1 is 1.56 bits per heavy atom. The van der Waals surface area contributed by atoms with Gasteiger partial charge in [0.1, 0.15) is 0 Å². The molecule has 1 rings (SSSR count). The quantitative estimate of drug-likeness (QED) is 0.304. The van der Waals surface area contributed by atoms with E-state index in [0.717, 1.165) is 6.42 Å². The molecule has 0 N–H and O–H groups in total. The zero-order valence-corrected chi connectivity index (χ0v) is 5.69.